The molecule has 0 atom stereocenters. The van der Waals surface area contributed by atoms with E-state index in [9.17, 15) is 0 Å². The molecular formula is C10H11BrN2S2. The Kier molecular flexibility index (Phi) is 3.43. The number of aryl methyl sites for hydroxylation is 1. The Labute approximate surface area is 106 Å². The van der Waals surface area contributed by atoms with Crippen LogP contribution in [0.15, 0.2) is 22.1 Å². The maximum absolute atomic E-state index is 4.38. The standard InChI is InChI=1S/C10H11BrN2S2/c1-7-3-4-8(15-7)5-13(2)10-12-9(11)6-14-10/h3-4,6H,5H2,1-2H3. The lowest BCUT2D eigenvalue weighted by Crippen LogP contribution is -2.15. The van der Waals surface area contributed by atoms with Crippen LogP contribution < -0.4 is 4.90 Å². The van der Waals surface area contributed by atoms with E-state index in [1.54, 1.807) is 11.3 Å². The number of aromatic nitrogens is 1. The first-order chi connectivity index (χ1) is 7.15. The van der Waals surface area contributed by atoms with Crippen molar-refractivity contribution in [3.8, 4) is 0 Å². The van der Waals surface area contributed by atoms with Gasteiger partial charge in [-0.3, -0.25) is 0 Å². The van der Waals surface area contributed by atoms with E-state index in [-0.39, 0.29) is 0 Å². The largest absolute Gasteiger partial charge is 0.346 e. The lowest BCUT2D eigenvalue weighted by Gasteiger charge is -2.13. The van der Waals surface area contributed by atoms with Crippen LogP contribution in [-0.2, 0) is 6.54 Å². The summed E-state index contributed by atoms with van der Waals surface area (Å²) in [7, 11) is 2.07. The van der Waals surface area contributed by atoms with Gasteiger partial charge in [-0.05, 0) is 35.0 Å². The van der Waals surface area contributed by atoms with E-state index >= 15 is 0 Å². The van der Waals surface area contributed by atoms with Gasteiger partial charge in [-0.2, -0.15) is 0 Å². The molecule has 15 heavy (non-hydrogen) atoms. The summed E-state index contributed by atoms with van der Waals surface area (Å²) in [5, 5.41) is 3.05. The van der Waals surface area contributed by atoms with Crippen molar-refractivity contribution < 1.29 is 0 Å². The van der Waals surface area contributed by atoms with Crippen LogP contribution in [0, 0.1) is 6.92 Å². The van der Waals surface area contributed by atoms with Gasteiger partial charge < -0.3 is 4.90 Å². The molecule has 5 heteroatoms. The minimum absolute atomic E-state index is 0.914. The first-order valence-electron chi connectivity index (χ1n) is 4.52. The Morgan fingerprint density at radius 3 is 2.80 bits per heavy atom. The van der Waals surface area contributed by atoms with Crippen molar-refractivity contribution in [1.82, 2.24) is 4.98 Å². The molecule has 0 bridgehead atoms. The normalized spacial score (nSPS) is 10.6. The number of anilines is 1. The smallest absolute Gasteiger partial charge is 0.186 e. The molecular weight excluding hydrogens is 292 g/mol. The van der Waals surface area contributed by atoms with E-state index in [4.69, 9.17) is 0 Å². The molecule has 0 saturated carbocycles. The second-order valence-electron chi connectivity index (χ2n) is 3.32. The van der Waals surface area contributed by atoms with Gasteiger partial charge in [-0.1, -0.05) is 0 Å². The highest BCUT2D eigenvalue weighted by atomic mass is 79.9. The fraction of sp³-hybridized carbons (Fsp3) is 0.300. The summed E-state index contributed by atoms with van der Waals surface area (Å²) >= 11 is 6.86. The van der Waals surface area contributed by atoms with Gasteiger partial charge in [0.25, 0.3) is 0 Å². The van der Waals surface area contributed by atoms with Crippen molar-refractivity contribution in [2.45, 2.75) is 13.5 Å². The van der Waals surface area contributed by atoms with Gasteiger partial charge in [0, 0.05) is 22.2 Å². The third-order valence-electron chi connectivity index (χ3n) is 1.98. The van der Waals surface area contributed by atoms with E-state index in [0.29, 0.717) is 0 Å². The monoisotopic (exact) mass is 302 g/mol. The van der Waals surface area contributed by atoms with E-state index in [1.165, 1.54) is 9.75 Å². The lowest BCUT2D eigenvalue weighted by atomic mass is 10.4. The van der Waals surface area contributed by atoms with Gasteiger partial charge in [0.15, 0.2) is 5.13 Å². The van der Waals surface area contributed by atoms with Gasteiger partial charge in [-0.25, -0.2) is 4.98 Å². The summed E-state index contributed by atoms with van der Waals surface area (Å²) < 4.78 is 0.914. The first kappa shape index (κ1) is 11.1. The van der Waals surface area contributed by atoms with E-state index in [1.807, 2.05) is 16.7 Å². The molecule has 0 aliphatic heterocycles. The highest BCUT2D eigenvalue weighted by Crippen LogP contribution is 2.25. The zero-order chi connectivity index (χ0) is 10.8. The number of nitrogens with zero attached hydrogens (tertiary/aromatic N) is 2. The molecule has 0 unspecified atom stereocenters. The molecule has 0 amide bonds. The average Bonchev–Trinajstić information content (AvgIpc) is 2.75. The Balaban J connectivity index is 2.06. The first-order valence-corrected chi connectivity index (χ1v) is 7.01. The number of hydrogen-bond donors (Lipinski definition) is 0. The topological polar surface area (TPSA) is 16.1 Å². The zero-order valence-corrected chi connectivity index (χ0v) is 11.7. The molecule has 2 rings (SSSR count). The van der Waals surface area contributed by atoms with Crippen LogP contribution in [0.25, 0.3) is 0 Å². The Morgan fingerprint density at radius 1 is 1.47 bits per heavy atom. The van der Waals surface area contributed by atoms with E-state index < -0.39 is 0 Å². The third-order valence-corrected chi connectivity index (χ3v) is 4.63. The van der Waals surface area contributed by atoms with E-state index in [2.05, 4.69) is 51.9 Å². The van der Waals surface area contributed by atoms with Crippen LogP contribution in [0.1, 0.15) is 9.75 Å². The molecule has 0 N–H and O–H groups in total. The molecule has 80 valence electrons. The number of rotatable bonds is 3. The molecule has 0 fully saturated rings. The summed E-state index contributed by atoms with van der Waals surface area (Å²) in [6.45, 7) is 3.06. The SMILES string of the molecule is Cc1ccc(CN(C)c2nc(Br)cs2)s1. The summed E-state index contributed by atoms with van der Waals surface area (Å²) in [6.07, 6.45) is 0. The Bertz CT molecular complexity index is 450. The zero-order valence-electron chi connectivity index (χ0n) is 8.53. The van der Waals surface area contributed by atoms with Crippen LogP contribution in [0.2, 0.25) is 0 Å². The molecule has 2 nitrogen and oxygen atoms in total. The summed E-state index contributed by atoms with van der Waals surface area (Å²) in [5.74, 6) is 0. The van der Waals surface area contributed by atoms with Crippen LogP contribution in [0.5, 0.6) is 0 Å². The van der Waals surface area contributed by atoms with Gasteiger partial charge in [0.1, 0.15) is 4.60 Å². The van der Waals surface area contributed by atoms with Crippen LogP contribution in [0.3, 0.4) is 0 Å². The van der Waals surface area contributed by atoms with Crippen molar-refractivity contribution in [3.05, 3.63) is 31.9 Å². The third kappa shape index (κ3) is 2.80. The second-order valence-corrected chi connectivity index (χ2v) is 6.34. The van der Waals surface area contributed by atoms with Crippen molar-refractivity contribution >= 4 is 43.7 Å². The maximum Gasteiger partial charge on any atom is 0.186 e. The number of thiazole rings is 1. The summed E-state index contributed by atoms with van der Waals surface area (Å²) in [4.78, 5) is 9.28. The second kappa shape index (κ2) is 4.63. The Morgan fingerprint density at radius 2 is 2.27 bits per heavy atom. The molecule has 0 aliphatic carbocycles. The predicted molar refractivity (Wildman–Crippen MR) is 71.0 cm³/mol. The van der Waals surface area contributed by atoms with Crippen molar-refractivity contribution in [2.24, 2.45) is 0 Å². The minimum Gasteiger partial charge on any atom is -0.346 e. The fourth-order valence-corrected chi connectivity index (χ4v) is 3.45. The number of thiophene rings is 1. The highest BCUT2D eigenvalue weighted by molar-refractivity contribution is 9.10. The molecule has 0 radical (unpaired) electrons. The predicted octanol–water partition coefficient (Wildman–Crippen LogP) is 3.91. The van der Waals surface area contributed by atoms with E-state index in [0.717, 1.165) is 16.3 Å². The summed E-state index contributed by atoms with van der Waals surface area (Å²) in [6, 6.07) is 4.34. The molecule has 0 aromatic carbocycles. The van der Waals surface area contributed by atoms with Gasteiger partial charge in [0.2, 0.25) is 0 Å². The van der Waals surface area contributed by atoms with Crippen molar-refractivity contribution in [1.29, 1.82) is 0 Å². The lowest BCUT2D eigenvalue weighted by molar-refractivity contribution is 0.929. The van der Waals surface area contributed by atoms with Crippen LogP contribution >= 0.6 is 38.6 Å². The number of hydrogen-bond acceptors (Lipinski definition) is 4. The number of halogens is 1. The fourth-order valence-electron chi connectivity index (χ4n) is 1.29. The highest BCUT2D eigenvalue weighted by Gasteiger charge is 2.07. The molecule has 0 saturated heterocycles. The molecule has 2 heterocycles. The van der Waals surface area contributed by atoms with Crippen molar-refractivity contribution in [3.63, 3.8) is 0 Å². The average molecular weight is 303 g/mol. The van der Waals surface area contributed by atoms with Gasteiger partial charge in [-0.15, -0.1) is 22.7 Å². The van der Waals surface area contributed by atoms with Gasteiger partial charge >= 0.3 is 0 Å². The molecule has 2 aromatic heterocycles. The summed E-state index contributed by atoms with van der Waals surface area (Å²) in [5.41, 5.74) is 0. The van der Waals surface area contributed by atoms with Crippen LogP contribution in [-0.4, -0.2) is 12.0 Å². The molecule has 0 aliphatic rings. The molecule has 0 spiro atoms. The Hall–Kier alpha value is -0.390. The molecule has 2 aromatic rings. The maximum atomic E-state index is 4.38. The van der Waals surface area contributed by atoms with Crippen LogP contribution in [0.4, 0.5) is 5.13 Å². The van der Waals surface area contributed by atoms with Crippen molar-refractivity contribution in [2.75, 3.05) is 11.9 Å². The minimum atomic E-state index is 0.914. The quantitative estimate of drug-likeness (QED) is 0.854. The van der Waals surface area contributed by atoms with Gasteiger partial charge in [0.05, 0.1) is 6.54 Å².